The molecule has 3 aromatic rings. The topological polar surface area (TPSA) is 70.2 Å². The van der Waals surface area contributed by atoms with E-state index in [0.717, 1.165) is 11.1 Å². The van der Waals surface area contributed by atoms with Gasteiger partial charge in [0.25, 0.3) is 5.91 Å². The van der Waals surface area contributed by atoms with Crippen molar-refractivity contribution in [2.24, 2.45) is 0 Å². The summed E-state index contributed by atoms with van der Waals surface area (Å²) < 4.78 is 0. The molecular weight excluding hydrogens is 374 g/mol. The highest BCUT2D eigenvalue weighted by molar-refractivity contribution is 6.33. The second-order valence-electron chi connectivity index (χ2n) is 6.44. The number of anilines is 2. The number of halogens is 1. The zero-order valence-electron chi connectivity index (χ0n) is 15.8. The van der Waals surface area contributed by atoms with Crippen molar-refractivity contribution in [2.75, 3.05) is 24.3 Å². The highest BCUT2D eigenvalue weighted by Crippen LogP contribution is 2.24. The van der Waals surface area contributed by atoms with Gasteiger partial charge in [0.1, 0.15) is 16.5 Å². The number of carbonyl (C=O) groups is 1. The maximum Gasteiger partial charge on any atom is 0.258 e. The fourth-order valence-corrected chi connectivity index (χ4v) is 2.85. The van der Waals surface area contributed by atoms with E-state index < -0.39 is 0 Å². The molecular formula is C21H22ClN5O. The van der Waals surface area contributed by atoms with Crippen LogP contribution in [0.15, 0.2) is 60.7 Å². The minimum absolute atomic E-state index is 0.111. The first-order valence-electron chi connectivity index (χ1n) is 8.89. The van der Waals surface area contributed by atoms with Crippen molar-refractivity contribution in [3.63, 3.8) is 0 Å². The van der Waals surface area contributed by atoms with Crippen molar-refractivity contribution in [2.45, 2.75) is 13.1 Å². The van der Waals surface area contributed by atoms with Crippen molar-refractivity contribution in [3.05, 3.63) is 82.5 Å². The van der Waals surface area contributed by atoms with Gasteiger partial charge in [0.05, 0.1) is 0 Å². The summed E-state index contributed by atoms with van der Waals surface area (Å²) in [6.45, 7) is 0.906. The van der Waals surface area contributed by atoms with Gasteiger partial charge in [0, 0.05) is 27.2 Å². The van der Waals surface area contributed by atoms with Crippen LogP contribution in [0.4, 0.5) is 11.8 Å². The lowest BCUT2D eigenvalue weighted by Crippen LogP contribution is -2.26. The normalized spacial score (nSPS) is 10.4. The van der Waals surface area contributed by atoms with Gasteiger partial charge in [-0.25, -0.2) is 0 Å². The smallest absolute Gasteiger partial charge is 0.258 e. The van der Waals surface area contributed by atoms with Crippen LogP contribution in [0.1, 0.15) is 21.5 Å². The quantitative estimate of drug-likeness (QED) is 0.596. The first-order valence-corrected chi connectivity index (χ1v) is 9.27. The van der Waals surface area contributed by atoms with Crippen LogP contribution in [0, 0.1) is 0 Å². The van der Waals surface area contributed by atoms with Gasteiger partial charge in [-0.2, -0.15) is 9.97 Å². The molecule has 0 aliphatic heterocycles. The van der Waals surface area contributed by atoms with Gasteiger partial charge in [0.15, 0.2) is 0 Å². The van der Waals surface area contributed by atoms with E-state index in [2.05, 4.69) is 20.6 Å². The third-order valence-corrected chi connectivity index (χ3v) is 4.35. The van der Waals surface area contributed by atoms with Crippen LogP contribution in [0.3, 0.4) is 0 Å². The van der Waals surface area contributed by atoms with Crippen molar-refractivity contribution in [3.8, 4) is 0 Å². The van der Waals surface area contributed by atoms with Gasteiger partial charge >= 0.3 is 0 Å². The molecule has 0 fully saturated rings. The van der Waals surface area contributed by atoms with Gasteiger partial charge in [-0.1, -0.05) is 72.3 Å². The van der Waals surface area contributed by atoms with Crippen LogP contribution in [0.2, 0.25) is 5.15 Å². The Hall–Kier alpha value is -3.12. The van der Waals surface area contributed by atoms with Crippen LogP contribution in [0.5, 0.6) is 0 Å². The highest BCUT2D eigenvalue weighted by Gasteiger charge is 2.20. The Morgan fingerprint density at radius 3 is 2.07 bits per heavy atom. The van der Waals surface area contributed by atoms with Gasteiger partial charge in [0.2, 0.25) is 5.95 Å². The number of hydrogen-bond donors (Lipinski definition) is 2. The molecule has 1 aromatic heterocycles. The van der Waals surface area contributed by atoms with E-state index in [1.54, 1.807) is 4.90 Å². The highest BCUT2D eigenvalue weighted by atomic mass is 35.5. The lowest BCUT2D eigenvalue weighted by Gasteiger charge is -2.17. The number of nitrogens with zero attached hydrogens (tertiary/aromatic N) is 3. The summed E-state index contributed by atoms with van der Waals surface area (Å²) in [5.41, 5.74) is 2.30. The van der Waals surface area contributed by atoms with Gasteiger partial charge in [-0.05, 0) is 11.1 Å². The average Bonchev–Trinajstić information content (AvgIpc) is 2.71. The molecule has 7 heteroatoms. The Bertz CT molecular complexity index is 932. The van der Waals surface area contributed by atoms with Crippen LogP contribution in [-0.2, 0) is 13.1 Å². The molecule has 1 heterocycles. The SMILES string of the molecule is CN(C)c1nc(Cl)c(C(=O)NCc2ccccc2)c(NCc2ccccc2)n1. The van der Waals surface area contributed by atoms with E-state index in [4.69, 9.17) is 11.6 Å². The average molecular weight is 396 g/mol. The minimum atomic E-state index is -0.324. The molecule has 0 unspecified atom stereocenters. The second kappa shape index (κ2) is 9.19. The lowest BCUT2D eigenvalue weighted by molar-refractivity contribution is 0.0951. The maximum atomic E-state index is 12.8. The lowest BCUT2D eigenvalue weighted by atomic mass is 10.2. The van der Waals surface area contributed by atoms with Gasteiger partial charge < -0.3 is 15.5 Å². The van der Waals surface area contributed by atoms with Crippen molar-refractivity contribution < 1.29 is 4.79 Å². The Morgan fingerprint density at radius 1 is 0.929 bits per heavy atom. The van der Waals surface area contributed by atoms with Gasteiger partial charge in [-0.15, -0.1) is 0 Å². The molecule has 0 aliphatic carbocycles. The molecule has 144 valence electrons. The van der Waals surface area contributed by atoms with Crippen LogP contribution < -0.4 is 15.5 Å². The summed E-state index contributed by atoms with van der Waals surface area (Å²) >= 11 is 6.36. The number of hydrogen-bond acceptors (Lipinski definition) is 5. The van der Waals surface area contributed by atoms with Crippen LogP contribution >= 0.6 is 11.6 Å². The molecule has 2 N–H and O–H groups in total. The fraction of sp³-hybridized carbons (Fsp3) is 0.190. The molecule has 28 heavy (non-hydrogen) atoms. The van der Waals surface area contributed by atoms with Crippen LogP contribution in [-0.4, -0.2) is 30.0 Å². The van der Waals surface area contributed by atoms with Gasteiger partial charge in [-0.3, -0.25) is 4.79 Å². The Kier molecular flexibility index (Phi) is 6.45. The fourth-order valence-electron chi connectivity index (χ4n) is 2.60. The molecule has 6 nitrogen and oxygen atoms in total. The molecule has 2 aromatic carbocycles. The molecule has 0 atom stereocenters. The zero-order chi connectivity index (χ0) is 19.9. The third kappa shape index (κ3) is 4.98. The van der Waals surface area contributed by atoms with E-state index in [-0.39, 0.29) is 16.6 Å². The maximum absolute atomic E-state index is 12.8. The number of rotatable bonds is 7. The van der Waals surface area contributed by atoms with Crippen LogP contribution in [0.25, 0.3) is 0 Å². The monoisotopic (exact) mass is 395 g/mol. The summed E-state index contributed by atoms with van der Waals surface area (Å²) in [5.74, 6) is 0.507. The summed E-state index contributed by atoms with van der Waals surface area (Å²) in [5, 5.41) is 6.22. The predicted octanol–water partition coefficient (Wildman–Crippen LogP) is 3.74. The number of aromatic nitrogens is 2. The molecule has 0 saturated heterocycles. The number of amides is 1. The molecule has 0 radical (unpaired) electrons. The standard InChI is InChI=1S/C21H22ClN5O/c1-27(2)21-25-18(22)17(20(28)24-14-16-11-7-4-8-12-16)19(26-21)23-13-15-9-5-3-6-10-15/h3-12H,13-14H2,1-2H3,(H,24,28)(H,23,25,26). The molecule has 0 bridgehead atoms. The van der Waals surface area contributed by atoms with E-state index in [0.29, 0.717) is 24.9 Å². The molecule has 0 aliphatic rings. The first kappa shape index (κ1) is 19.6. The predicted molar refractivity (Wildman–Crippen MR) is 113 cm³/mol. The number of nitrogens with one attached hydrogen (secondary N) is 2. The summed E-state index contributed by atoms with van der Waals surface area (Å²) in [6, 6.07) is 19.6. The Labute approximate surface area is 169 Å². The summed E-state index contributed by atoms with van der Waals surface area (Å²) in [4.78, 5) is 23.3. The van der Waals surface area contributed by atoms with E-state index in [9.17, 15) is 4.79 Å². The molecule has 1 amide bonds. The molecule has 3 rings (SSSR count). The Balaban J connectivity index is 1.84. The second-order valence-corrected chi connectivity index (χ2v) is 6.80. The summed E-state index contributed by atoms with van der Waals surface area (Å²) in [7, 11) is 3.64. The largest absolute Gasteiger partial charge is 0.365 e. The number of carbonyl (C=O) groups excluding carboxylic acids is 1. The third-order valence-electron chi connectivity index (χ3n) is 4.08. The van der Waals surface area contributed by atoms with E-state index >= 15 is 0 Å². The summed E-state index contributed by atoms with van der Waals surface area (Å²) in [6.07, 6.45) is 0. The molecule has 0 spiro atoms. The first-order chi connectivity index (χ1) is 13.5. The van der Waals surface area contributed by atoms with E-state index in [1.165, 1.54) is 0 Å². The zero-order valence-corrected chi connectivity index (χ0v) is 16.6. The van der Waals surface area contributed by atoms with Crippen molar-refractivity contribution in [1.29, 1.82) is 0 Å². The van der Waals surface area contributed by atoms with E-state index in [1.807, 2.05) is 74.8 Å². The Morgan fingerprint density at radius 2 is 1.50 bits per heavy atom. The number of benzene rings is 2. The molecule has 0 saturated carbocycles. The van der Waals surface area contributed by atoms with Crippen molar-refractivity contribution in [1.82, 2.24) is 15.3 Å². The minimum Gasteiger partial charge on any atom is -0.365 e. The van der Waals surface area contributed by atoms with Crippen molar-refractivity contribution >= 4 is 29.3 Å².